The Morgan fingerprint density at radius 3 is 2.81 bits per heavy atom. The number of aromatic amines is 1. The molecule has 0 aliphatic rings. The van der Waals surface area contributed by atoms with Gasteiger partial charge in [0.25, 0.3) is 5.91 Å². The van der Waals surface area contributed by atoms with Gasteiger partial charge < -0.3 is 10.3 Å². The summed E-state index contributed by atoms with van der Waals surface area (Å²) in [4.78, 5) is 14.5. The molecule has 0 bridgehead atoms. The van der Waals surface area contributed by atoms with Crippen LogP contribution in [0.15, 0.2) is 42.7 Å². The molecule has 0 unspecified atom stereocenters. The molecule has 1 amide bonds. The highest BCUT2D eigenvalue weighted by atomic mass is 16.1. The summed E-state index contributed by atoms with van der Waals surface area (Å²) in [6.07, 6.45) is 3.43. The molecule has 1 heterocycles. The summed E-state index contributed by atoms with van der Waals surface area (Å²) >= 11 is 0. The molecule has 0 fully saturated rings. The fraction of sp³-hybridized carbons (Fsp3) is 0.154. The number of aryl methyl sites for hydroxylation is 1. The van der Waals surface area contributed by atoms with Crippen molar-refractivity contribution in [3.8, 4) is 0 Å². The number of nitrogens with one attached hydrogen (secondary N) is 2. The highest BCUT2D eigenvalue weighted by molar-refractivity contribution is 5.93. The van der Waals surface area contributed by atoms with E-state index in [2.05, 4.69) is 10.3 Å². The van der Waals surface area contributed by atoms with Gasteiger partial charge in [0, 0.05) is 18.9 Å². The lowest BCUT2D eigenvalue weighted by atomic mass is 10.1. The van der Waals surface area contributed by atoms with E-state index in [0.29, 0.717) is 12.1 Å². The van der Waals surface area contributed by atoms with Crippen LogP contribution < -0.4 is 5.32 Å². The molecule has 16 heavy (non-hydrogen) atoms. The van der Waals surface area contributed by atoms with Crippen LogP contribution in [0.25, 0.3) is 0 Å². The first-order valence-corrected chi connectivity index (χ1v) is 5.23. The fourth-order valence-corrected chi connectivity index (χ4v) is 1.55. The van der Waals surface area contributed by atoms with Crippen LogP contribution in [0.2, 0.25) is 0 Å². The highest BCUT2D eigenvalue weighted by Gasteiger charge is 2.05. The van der Waals surface area contributed by atoms with Crippen LogP contribution in [-0.4, -0.2) is 10.9 Å². The van der Waals surface area contributed by atoms with E-state index in [1.165, 1.54) is 5.56 Å². The van der Waals surface area contributed by atoms with Gasteiger partial charge in [0.1, 0.15) is 0 Å². The third-order valence-corrected chi connectivity index (χ3v) is 2.56. The van der Waals surface area contributed by atoms with Crippen molar-refractivity contribution in [2.24, 2.45) is 0 Å². The van der Waals surface area contributed by atoms with E-state index in [4.69, 9.17) is 0 Å². The van der Waals surface area contributed by atoms with E-state index in [1.54, 1.807) is 18.5 Å². The molecule has 0 aliphatic heterocycles. The molecule has 82 valence electrons. The highest BCUT2D eigenvalue weighted by Crippen LogP contribution is 2.06. The first kappa shape index (κ1) is 10.5. The number of aromatic nitrogens is 1. The lowest BCUT2D eigenvalue weighted by Crippen LogP contribution is -2.22. The summed E-state index contributed by atoms with van der Waals surface area (Å²) in [5.41, 5.74) is 3.00. The van der Waals surface area contributed by atoms with Crippen molar-refractivity contribution in [1.82, 2.24) is 10.3 Å². The Morgan fingerprint density at radius 1 is 1.31 bits per heavy atom. The Morgan fingerprint density at radius 2 is 2.12 bits per heavy atom. The molecule has 0 radical (unpaired) electrons. The van der Waals surface area contributed by atoms with Gasteiger partial charge in [0.2, 0.25) is 0 Å². The molecule has 3 heteroatoms. The zero-order chi connectivity index (χ0) is 11.4. The van der Waals surface area contributed by atoms with Gasteiger partial charge in [-0.15, -0.1) is 0 Å². The van der Waals surface area contributed by atoms with Gasteiger partial charge in [0.15, 0.2) is 0 Å². The molecule has 0 saturated carbocycles. The summed E-state index contributed by atoms with van der Waals surface area (Å²) in [6.45, 7) is 2.61. The molecule has 2 N–H and O–H groups in total. The molecule has 0 saturated heterocycles. The van der Waals surface area contributed by atoms with E-state index in [0.717, 1.165) is 5.56 Å². The van der Waals surface area contributed by atoms with E-state index < -0.39 is 0 Å². The predicted molar refractivity (Wildman–Crippen MR) is 63.1 cm³/mol. The zero-order valence-corrected chi connectivity index (χ0v) is 9.16. The van der Waals surface area contributed by atoms with Crippen LogP contribution in [0.1, 0.15) is 21.5 Å². The van der Waals surface area contributed by atoms with Gasteiger partial charge >= 0.3 is 0 Å². The minimum atomic E-state index is -0.0514. The van der Waals surface area contributed by atoms with E-state index in [9.17, 15) is 4.79 Å². The summed E-state index contributed by atoms with van der Waals surface area (Å²) in [6, 6.07) is 9.79. The van der Waals surface area contributed by atoms with Crippen molar-refractivity contribution >= 4 is 5.91 Å². The molecule has 3 nitrogen and oxygen atoms in total. The van der Waals surface area contributed by atoms with Crippen LogP contribution in [0.3, 0.4) is 0 Å². The SMILES string of the molecule is Cc1ccccc1CNC(=O)c1cc[nH]c1. The molecule has 1 aromatic heterocycles. The van der Waals surface area contributed by atoms with Crippen molar-refractivity contribution < 1.29 is 4.79 Å². The maximum atomic E-state index is 11.7. The Labute approximate surface area is 94.5 Å². The number of carbonyl (C=O) groups is 1. The third kappa shape index (κ3) is 2.31. The van der Waals surface area contributed by atoms with Gasteiger partial charge in [-0.3, -0.25) is 4.79 Å². The number of amides is 1. The van der Waals surface area contributed by atoms with Crippen molar-refractivity contribution in [2.75, 3.05) is 0 Å². The molecule has 0 aliphatic carbocycles. The third-order valence-electron chi connectivity index (χ3n) is 2.56. The van der Waals surface area contributed by atoms with Gasteiger partial charge in [0.05, 0.1) is 5.56 Å². The quantitative estimate of drug-likeness (QED) is 0.808. The Hall–Kier alpha value is -2.03. The minimum absolute atomic E-state index is 0.0514. The monoisotopic (exact) mass is 214 g/mol. The lowest BCUT2D eigenvalue weighted by Gasteiger charge is -2.06. The summed E-state index contributed by atoms with van der Waals surface area (Å²) < 4.78 is 0. The van der Waals surface area contributed by atoms with Crippen LogP contribution in [-0.2, 0) is 6.54 Å². The summed E-state index contributed by atoms with van der Waals surface area (Å²) in [5, 5.41) is 2.88. The smallest absolute Gasteiger partial charge is 0.253 e. The second-order valence-corrected chi connectivity index (χ2v) is 3.71. The number of H-pyrrole nitrogens is 1. The molecule has 2 rings (SSSR count). The first-order chi connectivity index (χ1) is 7.77. The maximum absolute atomic E-state index is 11.7. The number of benzene rings is 1. The van der Waals surface area contributed by atoms with E-state index in [-0.39, 0.29) is 5.91 Å². The molecule has 0 spiro atoms. The standard InChI is InChI=1S/C13H14N2O/c1-10-4-2-3-5-11(10)9-15-13(16)12-6-7-14-8-12/h2-8,14H,9H2,1H3,(H,15,16). The molecule has 1 aromatic carbocycles. The van der Waals surface area contributed by atoms with Crippen LogP contribution >= 0.6 is 0 Å². The number of carbonyl (C=O) groups excluding carboxylic acids is 1. The average Bonchev–Trinajstić information content (AvgIpc) is 2.81. The fourth-order valence-electron chi connectivity index (χ4n) is 1.55. The number of rotatable bonds is 3. The molecule has 0 atom stereocenters. The predicted octanol–water partition coefficient (Wildman–Crippen LogP) is 2.25. The van der Waals surface area contributed by atoms with E-state index in [1.807, 2.05) is 31.2 Å². The van der Waals surface area contributed by atoms with Crippen LogP contribution in [0, 0.1) is 6.92 Å². The average molecular weight is 214 g/mol. The van der Waals surface area contributed by atoms with Crippen LogP contribution in [0.5, 0.6) is 0 Å². The topological polar surface area (TPSA) is 44.9 Å². The van der Waals surface area contributed by atoms with E-state index >= 15 is 0 Å². The lowest BCUT2D eigenvalue weighted by molar-refractivity contribution is 0.0951. The normalized spacial score (nSPS) is 10.1. The number of hydrogen-bond acceptors (Lipinski definition) is 1. The van der Waals surface area contributed by atoms with Gasteiger partial charge in [-0.25, -0.2) is 0 Å². The second kappa shape index (κ2) is 4.66. The van der Waals surface area contributed by atoms with Crippen molar-refractivity contribution in [2.45, 2.75) is 13.5 Å². The Bertz CT molecular complexity index is 474. The van der Waals surface area contributed by atoms with Crippen LogP contribution in [0.4, 0.5) is 0 Å². The maximum Gasteiger partial charge on any atom is 0.253 e. The Balaban J connectivity index is 1.98. The van der Waals surface area contributed by atoms with Crippen molar-refractivity contribution in [3.05, 3.63) is 59.4 Å². The largest absolute Gasteiger partial charge is 0.367 e. The van der Waals surface area contributed by atoms with Crippen molar-refractivity contribution in [3.63, 3.8) is 0 Å². The van der Waals surface area contributed by atoms with Crippen molar-refractivity contribution in [1.29, 1.82) is 0 Å². The minimum Gasteiger partial charge on any atom is -0.367 e. The van der Waals surface area contributed by atoms with Gasteiger partial charge in [-0.2, -0.15) is 0 Å². The molecular weight excluding hydrogens is 200 g/mol. The zero-order valence-electron chi connectivity index (χ0n) is 9.16. The van der Waals surface area contributed by atoms with Gasteiger partial charge in [-0.05, 0) is 24.1 Å². The number of hydrogen-bond donors (Lipinski definition) is 2. The molecule has 2 aromatic rings. The summed E-state index contributed by atoms with van der Waals surface area (Å²) in [7, 11) is 0. The van der Waals surface area contributed by atoms with Gasteiger partial charge in [-0.1, -0.05) is 24.3 Å². The Kier molecular flexibility index (Phi) is 3.05. The molecular formula is C13H14N2O. The summed E-state index contributed by atoms with van der Waals surface area (Å²) in [5.74, 6) is -0.0514. The second-order valence-electron chi connectivity index (χ2n) is 3.71. The first-order valence-electron chi connectivity index (χ1n) is 5.23.